The van der Waals surface area contributed by atoms with E-state index in [0.29, 0.717) is 21.3 Å². The van der Waals surface area contributed by atoms with E-state index < -0.39 is 23.5 Å². The highest BCUT2D eigenvalue weighted by Gasteiger charge is 2.46. The normalized spacial score (nSPS) is 16.3. The van der Waals surface area contributed by atoms with Crippen LogP contribution < -0.4 is 4.90 Å². The van der Waals surface area contributed by atoms with Gasteiger partial charge in [0.2, 0.25) is 5.78 Å². The minimum atomic E-state index is -0.822. The lowest BCUT2D eigenvalue weighted by Gasteiger charge is -2.24. The Balaban J connectivity index is 1.70. The predicted molar refractivity (Wildman–Crippen MR) is 129 cm³/mol. The van der Waals surface area contributed by atoms with Crippen LogP contribution in [-0.4, -0.2) is 31.7 Å². The maximum Gasteiger partial charge on any atom is 0.296 e. The molecule has 0 fully saturated rings. The monoisotopic (exact) mass is 476 g/mol. The number of nitrogens with zero attached hydrogens (tertiary/aromatic N) is 4. The van der Waals surface area contributed by atoms with Crippen LogP contribution in [0.2, 0.25) is 0 Å². The number of aliphatic hydroxyl groups excluding tert-OH is 1. The number of thiazole rings is 2. The number of anilines is 1. The number of amides is 1. The summed E-state index contributed by atoms with van der Waals surface area (Å²) in [5, 5.41) is 12.1. The Morgan fingerprint density at radius 2 is 1.79 bits per heavy atom. The summed E-state index contributed by atoms with van der Waals surface area (Å²) in [6.07, 6.45) is 3.20. The molecule has 7 nitrogen and oxygen atoms in total. The van der Waals surface area contributed by atoms with Crippen LogP contribution in [0.25, 0.3) is 10.2 Å². The lowest BCUT2D eigenvalue weighted by atomic mass is 9.96. The van der Waals surface area contributed by atoms with Crippen molar-refractivity contribution in [3.8, 4) is 0 Å². The number of rotatable bonds is 4. The molecule has 1 amide bonds. The zero-order valence-corrected chi connectivity index (χ0v) is 20.0. The van der Waals surface area contributed by atoms with Gasteiger partial charge in [-0.05, 0) is 62.6 Å². The van der Waals surface area contributed by atoms with Crippen molar-refractivity contribution >= 4 is 49.7 Å². The molecular formula is C24H20N4O3S2. The van der Waals surface area contributed by atoms with Crippen LogP contribution in [0, 0.1) is 27.7 Å². The summed E-state index contributed by atoms with van der Waals surface area (Å²) in [7, 11) is 0. The Kier molecular flexibility index (Phi) is 5.10. The SMILES string of the molecule is Cc1cc(C)c2nc(N3C(=O)C(O)=C(C(=O)c4sc(C)nc4C)C3c3ccncc3)sc2c1. The number of aliphatic hydroxyl groups is 1. The number of Topliss-reactive ketones (excluding diaryl/α,β-unsaturated/α-hetero) is 1. The van der Waals surface area contributed by atoms with Gasteiger partial charge in [-0.25, -0.2) is 9.97 Å². The predicted octanol–water partition coefficient (Wildman–Crippen LogP) is 5.16. The number of fused-ring (bicyclic) bond motifs is 1. The average molecular weight is 477 g/mol. The molecule has 1 atom stereocenters. The second-order valence-corrected chi connectivity index (χ2v) is 10.2. The summed E-state index contributed by atoms with van der Waals surface area (Å²) in [5.41, 5.74) is 4.18. The van der Waals surface area contributed by atoms with E-state index in [0.717, 1.165) is 26.4 Å². The van der Waals surface area contributed by atoms with Crippen molar-refractivity contribution in [2.75, 3.05) is 4.90 Å². The molecule has 33 heavy (non-hydrogen) atoms. The Hall–Kier alpha value is -3.43. The first kappa shape index (κ1) is 21.4. The van der Waals surface area contributed by atoms with Gasteiger partial charge in [-0.1, -0.05) is 17.4 Å². The van der Waals surface area contributed by atoms with Gasteiger partial charge in [-0.15, -0.1) is 11.3 Å². The minimum absolute atomic E-state index is 0.0325. The number of aromatic nitrogens is 3. The Bertz CT molecular complexity index is 1470. The van der Waals surface area contributed by atoms with Crippen molar-refractivity contribution in [1.29, 1.82) is 0 Å². The van der Waals surface area contributed by atoms with E-state index in [1.807, 2.05) is 32.9 Å². The van der Waals surface area contributed by atoms with Gasteiger partial charge >= 0.3 is 0 Å². The largest absolute Gasteiger partial charge is 0.503 e. The fourth-order valence-electron chi connectivity index (χ4n) is 4.22. The standard InChI is InChI=1S/C24H20N4O3S2/c1-11-9-12(2)18-16(10-11)33-24(27-18)28-19(15-5-7-25-8-6-15)17(21(30)23(28)31)20(29)22-13(3)26-14(4)32-22/h5-10,19,30H,1-4H3. The van der Waals surface area contributed by atoms with Crippen LogP contribution in [-0.2, 0) is 4.79 Å². The van der Waals surface area contributed by atoms with Crippen LogP contribution in [0.5, 0.6) is 0 Å². The highest BCUT2D eigenvalue weighted by Crippen LogP contribution is 2.45. The molecule has 4 heterocycles. The van der Waals surface area contributed by atoms with Crippen molar-refractivity contribution in [3.63, 3.8) is 0 Å². The molecule has 9 heteroatoms. The fourth-order valence-corrected chi connectivity index (χ4v) is 6.26. The molecule has 1 unspecified atom stereocenters. The Morgan fingerprint density at radius 1 is 1.06 bits per heavy atom. The van der Waals surface area contributed by atoms with E-state index in [9.17, 15) is 14.7 Å². The Labute approximate surface area is 198 Å². The lowest BCUT2D eigenvalue weighted by Crippen LogP contribution is -2.31. The maximum atomic E-state index is 13.6. The van der Waals surface area contributed by atoms with Crippen LogP contribution in [0.15, 0.2) is 48.0 Å². The van der Waals surface area contributed by atoms with E-state index >= 15 is 0 Å². The van der Waals surface area contributed by atoms with Gasteiger partial charge in [0.1, 0.15) is 0 Å². The fraction of sp³-hybridized carbons (Fsp3) is 0.208. The smallest absolute Gasteiger partial charge is 0.296 e. The van der Waals surface area contributed by atoms with E-state index in [-0.39, 0.29) is 5.57 Å². The number of benzene rings is 1. The molecule has 4 aromatic rings. The number of hydrogen-bond donors (Lipinski definition) is 1. The zero-order chi connectivity index (χ0) is 23.4. The lowest BCUT2D eigenvalue weighted by molar-refractivity contribution is -0.117. The van der Waals surface area contributed by atoms with Crippen molar-refractivity contribution in [2.45, 2.75) is 33.7 Å². The van der Waals surface area contributed by atoms with Crippen molar-refractivity contribution in [3.05, 3.63) is 80.3 Å². The summed E-state index contributed by atoms with van der Waals surface area (Å²) in [4.78, 5) is 41.9. The molecule has 0 saturated carbocycles. The topological polar surface area (TPSA) is 96.3 Å². The molecule has 1 aromatic carbocycles. The second-order valence-electron chi connectivity index (χ2n) is 8.02. The molecule has 1 aliphatic rings. The summed E-state index contributed by atoms with van der Waals surface area (Å²) in [5.74, 6) is -1.60. The molecule has 166 valence electrons. The third-order valence-corrected chi connectivity index (χ3v) is 7.68. The van der Waals surface area contributed by atoms with Crippen molar-refractivity contribution in [1.82, 2.24) is 15.0 Å². The van der Waals surface area contributed by atoms with Crippen LogP contribution in [0.1, 0.15) is 43.1 Å². The summed E-state index contributed by atoms with van der Waals surface area (Å²) in [6, 6.07) is 6.72. The highest BCUT2D eigenvalue weighted by molar-refractivity contribution is 7.22. The molecule has 0 spiro atoms. The molecular weight excluding hydrogens is 456 g/mol. The maximum absolute atomic E-state index is 13.6. The number of ketones is 1. The van der Waals surface area contributed by atoms with Crippen molar-refractivity contribution < 1.29 is 14.7 Å². The first-order valence-electron chi connectivity index (χ1n) is 10.3. The molecule has 0 radical (unpaired) electrons. The first-order valence-corrected chi connectivity index (χ1v) is 11.9. The number of hydrogen-bond acceptors (Lipinski definition) is 8. The van der Waals surface area contributed by atoms with E-state index in [2.05, 4.69) is 9.97 Å². The zero-order valence-electron chi connectivity index (χ0n) is 18.4. The van der Waals surface area contributed by atoms with Gasteiger partial charge in [-0.2, -0.15) is 0 Å². The molecule has 0 aliphatic carbocycles. The third-order valence-electron chi connectivity index (χ3n) is 5.61. The molecule has 1 N–H and O–H groups in total. The van der Waals surface area contributed by atoms with Gasteiger partial charge in [0, 0.05) is 12.4 Å². The Morgan fingerprint density at radius 3 is 2.45 bits per heavy atom. The molecule has 0 bridgehead atoms. The minimum Gasteiger partial charge on any atom is -0.503 e. The number of carbonyl (C=O) groups is 2. The summed E-state index contributed by atoms with van der Waals surface area (Å²) < 4.78 is 0.942. The molecule has 0 saturated heterocycles. The van der Waals surface area contributed by atoms with Crippen molar-refractivity contribution in [2.24, 2.45) is 0 Å². The summed E-state index contributed by atoms with van der Waals surface area (Å²) >= 11 is 2.62. The molecule has 3 aromatic heterocycles. The van der Waals surface area contributed by atoms with Gasteiger partial charge in [0.25, 0.3) is 5.91 Å². The molecule has 5 rings (SSSR count). The van der Waals surface area contributed by atoms with Gasteiger partial charge in [0.05, 0.1) is 37.4 Å². The number of carbonyl (C=O) groups excluding carboxylic acids is 2. The number of pyridine rings is 1. The van der Waals surface area contributed by atoms with E-state index in [4.69, 9.17) is 4.98 Å². The van der Waals surface area contributed by atoms with Crippen LogP contribution in [0.4, 0.5) is 5.13 Å². The van der Waals surface area contributed by atoms with Gasteiger partial charge in [0.15, 0.2) is 10.9 Å². The summed E-state index contributed by atoms with van der Waals surface area (Å²) in [6.45, 7) is 7.56. The van der Waals surface area contributed by atoms with E-state index in [1.54, 1.807) is 31.5 Å². The second kappa shape index (κ2) is 7.86. The third kappa shape index (κ3) is 3.44. The van der Waals surface area contributed by atoms with E-state index in [1.165, 1.54) is 27.6 Å². The highest BCUT2D eigenvalue weighted by atomic mass is 32.1. The van der Waals surface area contributed by atoms with Gasteiger partial charge < -0.3 is 5.11 Å². The van der Waals surface area contributed by atoms with Crippen LogP contribution in [0.3, 0.4) is 0 Å². The number of aryl methyl sites for hydroxylation is 4. The average Bonchev–Trinajstić information content (AvgIpc) is 3.42. The van der Waals surface area contributed by atoms with Gasteiger partial charge in [-0.3, -0.25) is 19.5 Å². The van der Waals surface area contributed by atoms with Crippen LogP contribution >= 0.6 is 22.7 Å². The first-order chi connectivity index (χ1) is 15.8. The quantitative estimate of drug-likeness (QED) is 0.409. The molecule has 1 aliphatic heterocycles.